The van der Waals surface area contributed by atoms with Gasteiger partial charge in [0, 0.05) is 41.7 Å². The molecule has 2 aromatic carbocycles. The smallest absolute Gasteiger partial charge is 0.253 e. The monoisotopic (exact) mass is 400 g/mol. The van der Waals surface area contributed by atoms with Gasteiger partial charge in [-0.15, -0.1) is 0 Å². The van der Waals surface area contributed by atoms with Crippen molar-refractivity contribution in [1.29, 1.82) is 0 Å². The molecular weight excluding hydrogens is 380 g/mol. The van der Waals surface area contributed by atoms with Crippen LogP contribution in [0.25, 0.3) is 5.57 Å². The van der Waals surface area contributed by atoms with Gasteiger partial charge < -0.3 is 21.3 Å². The van der Waals surface area contributed by atoms with Gasteiger partial charge in [-0.05, 0) is 48.5 Å². The van der Waals surface area contributed by atoms with Gasteiger partial charge in [-0.2, -0.15) is 0 Å². The number of nitrogens with one attached hydrogen (secondary N) is 4. The highest BCUT2D eigenvalue weighted by Gasteiger charge is 2.22. The molecule has 1 heterocycles. The first kappa shape index (κ1) is 17.5. The summed E-state index contributed by atoms with van der Waals surface area (Å²) in [5.41, 5.74) is 4.69. The molecule has 1 aliphatic heterocycles. The highest BCUT2D eigenvalue weighted by molar-refractivity contribution is 9.10. The summed E-state index contributed by atoms with van der Waals surface area (Å²) in [4.78, 5) is 12.2. The second-order valence-electron chi connectivity index (χ2n) is 5.76. The van der Waals surface area contributed by atoms with Crippen LogP contribution < -0.4 is 21.3 Å². The summed E-state index contributed by atoms with van der Waals surface area (Å²) < 4.78 is 1.01. The Morgan fingerprint density at radius 1 is 1.12 bits per heavy atom. The fourth-order valence-corrected chi connectivity index (χ4v) is 3.20. The number of anilines is 2. The molecule has 0 spiro atoms. The normalized spacial score (nSPS) is 14.8. The van der Waals surface area contributed by atoms with E-state index in [2.05, 4.69) is 37.2 Å². The number of carbonyl (C=O) groups excluding carboxylic acids is 1. The summed E-state index contributed by atoms with van der Waals surface area (Å²) in [6.07, 6.45) is 1.77. The third-order valence-electron chi connectivity index (χ3n) is 4.05. The van der Waals surface area contributed by atoms with Gasteiger partial charge in [0.05, 0.1) is 5.57 Å². The molecule has 4 N–H and O–H groups in total. The maximum absolute atomic E-state index is 12.2. The third kappa shape index (κ3) is 4.21. The van der Waals surface area contributed by atoms with Gasteiger partial charge in [0.15, 0.2) is 0 Å². The summed E-state index contributed by atoms with van der Waals surface area (Å²) in [7, 11) is 1.93. The van der Waals surface area contributed by atoms with Gasteiger partial charge in [-0.3, -0.25) is 4.79 Å². The zero-order chi connectivity index (χ0) is 17.6. The largest absolute Gasteiger partial charge is 0.384 e. The molecule has 130 valence electrons. The standard InChI is InChI=1S/C19H21BrN4O/c1-21-9-10-22-13-5-7-14(8-6-13)23-12-17-15-3-2-4-18(20)16(15)11-24-19(17)25/h2-8,12,21-23H,9-11H2,1H3,(H,24,25)/b17-12-. The summed E-state index contributed by atoms with van der Waals surface area (Å²) in [6, 6.07) is 13.9. The molecule has 1 amide bonds. The first-order valence-corrected chi connectivity index (χ1v) is 8.99. The number of carbonyl (C=O) groups is 1. The molecule has 3 rings (SSSR count). The number of halogens is 1. The van der Waals surface area contributed by atoms with Gasteiger partial charge >= 0.3 is 0 Å². The molecule has 0 fully saturated rings. The van der Waals surface area contributed by atoms with Crippen LogP contribution >= 0.6 is 15.9 Å². The number of benzene rings is 2. The zero-order valence-electron chi connectivity index (χ0n) is 14.0. The van der Waals surface area contributed by atoms with Crippen LogP contribution in [0.4, 0.5) is 11.4 Å². The molecule has 2 aromatic rings. The summed E-state index contributed by atoms with van der Waals surface area (Å²) in [5, 5.41) is 12.6. The molecule has 0 radical (unpaired) electrons. The van der Waals surface area contributed by atoms with Crippen LogP contribution in [0.1, 0.15) is 11.1 Å². The Bertz CT molecular complexity index is 787. The van der Waals surface area contributed by atoms with Gasteiger partial charge in [-0.25, -0.2) is 0 Å². The van der Waals surface area contributed by atoms with Crippen LogP contribution in [-0.2, 0) is 11.3 Å². The number of hydrogen-bond donors (Lipinski definition) is 4. The molecule has 25 heavy (non-hydrogen) atoms. The van der Waals surface area contributed by atoms with Crippen molar-refractivity contribution in [2.75, 3.05) is 30.8 Å². The molecule has 1 aliphatic rings. The quantitative estimate of drug-likeness (QED) is 0.444. The van der Waals surface area contributed by atoms with E-state index in [9.17, 15) is 4.79 Å². The van der Waals surface area contributed by atoms with Crippen molar-refractivity contribution in [1.82, 2.24) is 10.6 Å². The van der Waals surface area contributed by atoms with E-state index in [0.29, 0.717) is 12.1 Å². The summed E-state index contributed by atoms with van der Waals surface area (Å²) >= 11 is 3.55. The van der Waals surface area contributed by atoms with Crippen molar-refractivity contribution < 1.29 is 4.79 Å². The SMILES string of the molecule is CNCCNc1ccc(N/C=C2\C(=O)NCc3c(Br)cccc32)cc1. The molecule has 0 unspecified atom stereocenters. The second-order valence-corrected chi connectivity index (χ2v) is 6.61. The Balaban J connectivity index is 1.74. The van der Waals surface area contributed by atoms with Crippen molar-refractivity contribution in [2.24, 2.45) is 0 Å². The van der Waals surface area contributed by atoms with Crippen LogP contribution in [0.5, 0.6) is 0 Å². The first-order valence-electron chi connectivity index (χ1n) is 8.20. The lowest BCUT2D eigenvalue weighted by Crippen LogP contribution is -2.30. The predicted octanol–water partition coefficient (Wildman–Crippen LogP) is 3.16. The van der Waals surface area contributed by atoms with Crippen LogP contribution in [0.15, 0.2) is 53.1 Å². The maximum Gasteiger partial charge on any atom is 0.253 e. The van der Waals surface area contributed by atoms with Crippen molar-refractivity contribution in [3.63, 3.8) is 0 Å². The lowest BCUT2D eigenvalue weighted by molar-refractivity contribution is -0.116. The molecule has 0 bridgehead atoms. The molecule has 0 atom stereocenters. The van der Waals surface area contributed by atoms with Gasteiger partial charge in [0.2, 0.25) is 0 Å². The van der Waals surface area contributed by atoms with Crippen molar-refractivity contribution in [2.45, 2.75) is 6.54 Å². The molecule has 0 saturated carbocycles. The minimum Gasteiger partial charge on any atom is -0.384 e. The number of fused-ring (bicyclic) bond motifs is 1. The second kappa shape index (κ2) is 8.18. The maximum atomic E-state index is 12.2. The summed E-state index contributed by atoms with van der Waals surface area (Å²) in [6.45, 7) is 2.33. The molecule has 6 heteroatoms. The van der Waals surface area contributed by atoms with E-state index >= 15 is 0 Å². The minimum absolute atomic E-state index is 0.0662. The van der Waals surface area contributed by atoms with E-state index < -0.39 is 0 Å². The Hall–Kier alpha value is -2.31. The molecule has 0 saturated heterocycles. The topological polar surface area (TPSA) is 65.2 Å². The number of hydrogen-bond acceptors (Lipinski definition) is 4. The number of amides is 1. The van der Waals surface area contributed by atoms with E-state index in [4.69, 9.17) is 0 Å². The fourth-order valence-electron chi connectivity index (χ4n) is 2.69. The third-order valence-corrected chi connectivity index (χ3v) is 4.79. The Morgan fingerprint density at radius 3 is 2.64 bits per heavy atom. The number of rotatable bonds is 6. The van der Waals surface area contributed by atoms with E-state index in [0.717, 1.165) is 40.1 Å². The Kier molecular flexibility index (Phi) is 5.73. The Morgan fingerprint density at radius 2 is 1.88 bits per heavy atom. The van der Waals surface area contributed by atoms with Crippen molar-refractivity contribution in [3.8, 4) is 0 Å². The van der Waals surface area contributed by atoms with E-state index in [-0.39, 0.29) is 5.91 Å². The van der Waals surface area contributed by atoms with Crippen molar-refractivity contribution >= 4 is 38.8 Å². The molecule has 0 aromatic heterocycles. The van der Waals surface area contributed by atoms with Crippen LogP contribution in [0.2, 0.25) is 0 Å². The first-order chi connectivity index (χ1) is 12.2. The predicted molar refractivity (Wildman–Crippen MR) is 106 cm³/mol. The lowest BCUT2D eigenvalue weighted by atomic mass is 9.96. The van der Waals surface area contributed by atoms with E-state index in [1.807, 2.05) is 49.5 Å². The molecule has 0 aliphatic carbocycles. The summed E-state index contributed by atoms with van der Waals surface area (Å²) in [5.74, 6) is -0.0662. The molecule has 5 nitrogen and oxygen atoms in total. The number of likely N-dealkylation sites (N-methyl/N-ethyl adjacent to an activating group) is 1. The minimum atomic E-state index is -0.0662. The molecular formula is C19H21BrN4O. The van der Waals surface area contributed by atoms with E-state index in [1.165, 1.54) is 0 Å². The average Bonchev–Trinajstić information content (AvgIpc) is 2.62. The average molecular weight is 401 g/mol. The van der Waals surface area contributed by atoms with E-state index in [1.54, 1.807) is 6.20 Å². The van der Waals surface area contributed by atoms with Crippen molar-refractivity contribution in [3.05, 3.63) is 64.3 Å². The highest BCUT2D eigenvalue weighted by Crippen LogP contribution is 2.29. The lowest BCUT2D eigenvalue weighted by Gasteiger charge is -2.21. The fraction of sp³-hybridized carbons (Fsp3) is 0.211. The van der Waals surface area contributed by atoms with Crippen LogP contribution in [-0.4, -0.2) is 26.0 Å². The Labute approximate surface area is 156 Å². The highest BCUT2D eigenvalue weighted by atomic mass is 79.9. The van der Waals surface area contributed by atoms with Gasteiger partial charge in [-0.1, -0.05) is 28.1 Å². The van der Waals surface area contributed by atoms with Gasteiger partial charge in [0.1, 0.15) is 0 Å². The zero-order valence-corrected chi connectivity index (χ0v) is 15.6. The van der Waals surface area contributed by atoms with Gasteiger partial charge in [0.25, 0.3) is 5.91 Å². The van der Waals surface area contributed by atoms with Crippen LogP contribution in [0, 0.1) is 0 Å². The van der Waals surface area contributed by atoms with Crippen LogP contribution in [0.3, 0.4) is 0 Å².